The first-order valence-corrected chi connectivity index (χ1v) is 9.75. The molecule has 4 aromatic rings. The van der Waals surface area contributed by atoms with Gasteiger partial charge >= 0.3 is 11.9 Å². The van der Waals surface area contributed by atoms with Crippen LogP contribution in [0.25, 0.3) is 17.0 Å². The summed E-state index contributed by atoms with van der Waals surface area (Å²) in [4.78, 5) is 29.9. The van der Waals surface area contributed by atoms with Gasteiger partial charge in [0.2, 0.25) is 5.91 Å². The molecule has 0 aliphatic carbocycles. The lowest BCUT2D eigenvalue weighted by Gasteiger charge is -2.09. The molecule has 11 heteroatoms. The summed E-state index contributed by atoms with van der Waals surface area (Å²) in [6.45, 7) is 1.29. The van der Waals surface area contributed by atoms with Crippen molar-refractivity contribution in [1.82, 2.24) is 19.2 Å². The van der Waals surface area contributed by atoms with Gasteiger partial charge in [-0.2, -0.15) is 13.2 Å². The second-order valence-corrected chi connectivity index (χ2v) is 7.18. The molecule has 0 bridgehead atoms. The highest BCUT2D eigenvalue weighted by atomic mass is 19.4. The summed E-state index contributed by atoms with van der Waals surface area (Å²) in [7, 11) is 1.47. The highest BCUT2D eigenvalue weighted by Gasteiger charge is 2.30. The Morgan fingerprint density at radius 3 is 2.48 bits per heavy atom. The number of fused-ring (bicyclic) bond motifs is 1. The standard InChI is InChI=1S/C22H18F3N5O3/c1-13-11-18-28-29(12-19(31)27-16-5-3-4-6-17(16)33-2)21(32)30(18)20(26-13)14-7-9-15(10-8-14)22(23,24)25/h3-11H,12H2,1-2H3,(H,27,31). The number of para-hydroxylation sites is 2. The minimum atomic E-state index is -4.48. The molecule has 2 aromatic carbocycles. The molecule has 4 rings (SSSR count). The number of carbonyl (C=O) groups is 1. The Bertz CT molecular complexity index is 1390. The van der Waals surface area contributed by atoms with Gasteiger partial charge in [0.05, 0.1) is 18.4 Å². The van der Waals surface area contributed by atoms with Crippen molar-refractivity contribution >= 4 is 17.2 Å². The highest BCUT2D eigenvalue weighted by molar-refractivity contribution is 5.92. The topological polar surface area (TPSA) is 90.5 Å². The Labute approximate surface area is 185 Å². The fraction of sp³-hybridized carbons (Fsp3) is 0.182. The van der Waals surface area contributed by atoms with Crippen LogP contribution in [0.3, 0.4) is 0 Å². The van der Waals surface area contributed by atoms with E-state index in [4.69, 9.17) is 4.74 Å². The normalized spacial score (nSPS) is 11.5. The lowest BCUT2D eigenvalue weighted by Crippen LogP contribution is -2.29. The van der Waals surface area contributed by atoms with Crippen molar-refractivity contribution in [2.45, 2.75) is 19.6 Å². The zero-order chi connectivity index (χ0) is 23.8. The number of methoxy groups -OCH3 is 1. The fourth-order valence-electron chi connectivity index (χ4n) is 3.33. The molecule has 0 atom stereocenters. The van der Waals surface area contributed by atoms with Crippen molar-refractivity contribution in [1.29, 1.82) is 0 Å². The maximum Gasteiger partial charge on any atom is 0.416 e. The molecule has 8 nitrogen and oxygen atoms in total. The van der Waals surface area contributed by atoms with Crippen LogP contribution in [0.4, 0.5) is 18.9 Å². The summed E-state index contributed by atoms with van der Waals surface area (Å²) in [6.07, 6.45) is -4.48. The van der Waals surface area contributed by atoms with Crippen LogP contribution in [0.1, 0.15) is 11.3 Å². The van der Waals surface area contributed by atoms with Gasteiger partial charge in [0.1, 0.15) is 18.1 Å². The van der Waals surface area contributed by atoms with Gasteiger partial charge in [-0.1, -0.05) is 24.3 Å². The smallest absolute Gasteiger partial charge is 0.416 e. The molecule has 0 saturated carbocycles. The monoisotopic (exact) mass is 457 g/mol. The predicted octanol–water partition coefficient (Wildman–Crippen LogP) is 3.53. The molecule has 0 saturated heterocycles. The number of aromatic nitrogens is 4. The van der Waals surface area contributed by atoms with Crippen molar-refractivity contribution in [3.63, 3.8) is 0 Å². The minimum absolute atomic E-state index is 0.125. The Hall–Kier alpha value is -4.15. The summed E-state index contributed by atoms with van der Waals surface area (Å²) in [6, 6.07) is 12.7. The molecule has 0 unspecified atom stereocenters. The summed E-state index contributed by atoms with van der Waals surface area (Å²) < 4.78 is 46.0. The number of carbonyl (C=O) groups excluding carboxylic acids is 1. The number of nitrogens with one attached hydrogen (secondary N) is 1. The average molecular weight is 457 g/mol. The molecule has 0 aliphatic rings. The molecule has 1 amide bonds. The highest BCUT2D eigenvalue weighted by Crippen LogP contribution is 2.30. The van der Waals surface area contributed by atoms with Crippen LogP contribution < -0.4 is 15.7 Å². The van der Waals surface area contributed by atoms with Crippen LogP contribution >= 0.6 is 0 Å². The van der Waals surface area contributed by atoms with Gasteiger partial charge in [-0.3, -0.25) is 4.79 Å². The molecular weight excluding hydrogens is 439 g/mol. The minimum Gasteiger partial charge on any atom is -0.495 e. The van der Waals surface area contributed by atoms with E-state index in [0.717, 1.165) is 21.2 Å². The van der Waals surface area contributed by atoms with E-state index >= 15 is 0 Å². The molecule has 0 spiro atoms. The first-order chi connectivity index (χ1) is 15.7. The Morgan fingerprint density at radius 2 is 1.82 bits per heavy atom. The van der Waals surface area contributed by atoms with Crippen LogP contribution in [0.2, 0.25) is 0 Å². The molecule has 2 aromatic heterocycles. The van der Waals surface area contributed by atoms with Gasteiger partial charge in [0.25, 0.3) is 0 Å². The van der Waals surface area contributed by atoms with E-state index in [9.17, 15) is 22.8 Å². The number of hydrogen-bond donors (Lipinski definition) is 1. The fourth-order valence-corrected chi connectivity index (χ4v) is 3.33. The average Bonchev–Trinajstić information content (AvgIpc) is 3.07. The van der Waals surface area contributed by atoms with Gasteiger partial charge in [-0.05, 0) is 31.2 Å². The molecule has 2 heterocycles. The lowest BCUT2D eigenvalue weighted by molar-refractivity contribution is -0.137. The third kappa shape index (κ3) is 4.43. The number of amides is 1. The largest absolute Gasteiger partial charge is 0.495 e. The van der Waals surface area contributed by atoms with Gasteiger partial charge in [-0.25, -0.2) is 18.9 Å². The van der Waals surface area contributed by atoms with Gasteiger partial charge in [-0.15, -0.1) is 5.10 Å². The van der Waals surface area contributed by atoms with Crippen molar-refractivity contribution in [3.8, 4) is 17.1 Å². The van der Waals surface area contributed by atoms with E-state index in [1.54, 1.807) is 37.3 Å². The molecule has 33 heavy (non-hydrogen) atoms. The number of hydrogen-bond acceptors (Lipinski definition) is 5. The van der Waals surface area contributed by atoms with Crippen LogP contribution in [-0.4, -0.2) is 32.2 Å². The number of rotatable bonds is 5. The van der Waals surface area contributed by atoms with E-state index < -0.39 is 23.3 Å². The molecule has 0 aliphatic heterocycles. The zero-order valence-corrected chi connectivity index (χ0v) is 17.6. The summed E-state index contributed by atoms with van der Waals surface area (Å²) in [5.74, 6) is 0.0727. The summed E-state index contributed by atoms with van der Waals surface area (Å²) in [5, 5.41) is 6.86. The van der Waals surface area contributed by atoms with E-state index in [1.807, 2.05) is 0 Å². The predicted molar refractivity (Wildman–Crippen MR) is 114 cm³/mol. The number of alkyl halides is 3. The molecule has 1 N–H and O–H groups in total. The number of halogens is 3. The lowest BCUT2D eigenvalue weighted by atomic mass is 10.1. The van der Waals surface area contributed by atoms with Gasteiger partial charge < -0.3 is 10.1 Å². The van der Waals surface area contributed by atoms with Crippen LogP contribution in [0.5, 0.6) is 5.75 Å². The van der Waals surface area contributed by atoms with Crippen LogP contribution in [0, 0.1) is 6.92 Å². The van der Waals surface area contributed by atoms with Crippen molar-refractivity contribution in [2.75, 3.05) is 12.4 Å². The summed E-state index contributed by atoms with van der Waals surface area (Å²) in [5.41, 5.74) is -0.00382. The van der Waals surface area contributed by atoms with E-state index in [2.05, 4.69) is 15.4 Å². The molecule has 170 valence electrons. The van der Waals surface area contributed by atoms with E-state index in [1.165, 1.54) is 19.2 Å². The molecule has 0 fully saturated rings. The first-order valence-electron chi connectivity index (χ1n) is 9.75. The first kappa shape index (κ1) is 22.1. The Morgan fingerprint density at radius 1 is 1.12 bits per heavy atom. The second kappa shape index (κ2) is 8.41. The maximum atomic E-state index is 13.0. The second-order valence-electron chi connectivity index (χ2n) is 7.18. The summed E-state index contributed by atoms with van der Waals surface area (Å²) >= 11 is 0. The molecular formula is C22H18F3N5O3. The third-order valence-corrected chi connectivity index (χ3v) is 4.84. The Kier molecular flexibility index (Phi) is 5.62. The number of nitrogens with zero attached hydrogens (tertiary/aromatic N) is 4. The van der Waals surface area contributed by atoms with Crippen LogP contribution in [-0.2, 0) is 17.5 Å². The van der Waals surface area contributed by atoms with E-state index in [-0.39, 0.29) is 18.0 Å². The SMILES string of the molecule is COc1ccccc1NC(=O)Cn1nc2cc(C)nc(-c3ccc(C(F)(F)F)cc3)n2c1=O. The Balaban J connectivity index is 1.69. The molecule has 0 radical (unpaired) electrons. The van der Waals surface area contributed by atoms with Crippen molar-refractivity contribution < 1.29 is 22.7 Å². The van der Waals surface area contributed by atoms with Gasteiger partial charge in [0, 0.05) is 17.3 Å². The van der Waals surface area contributed by atoms with Crippen LogP contribution in [0.15, 0.2) is 59.4 Å². The number of aryl methyl sites for hydroxylation is 1. The van der Waals surface area contributed by atoms with Crippen molar-refractivity contribution in [3.05, 3.63) is 76.3 Å². The van der Waals surface area contributed by atoms with Crippen molar-refractivity contribution in [2.24, 2.45) is 0 Å². The number of anilines is 1. The number of ether oxygens (including phenoxy) is 1. The number of benzene rings is 2. The van der Waals surface area contributed by atoms with E-state index in [0.29, 0.717) is 22.7 Å². The maximum absolute atomic E-state index is 13.0. The van der Waals surface area contributed by atoms with Gasteiger partial charge in [0.15, 0.2) is 5.65 Å². The quantitative estimate of drug-likeness (QED) is 0.495. The third-order valence-electron chi connectivity index (χ3n) is 4.84. The zero-order valence-electron chi connectivity index (χ0n) is 17.6.